The number of hydrogen-bond donors (Lipinski definition) is 1. The van der Waals surface area contributed by atoms with Gasteiger partial charge in [-0.15, -0.1) is 0 Å². The van der Waals surface area contributed by atoms with E-state index in [9.17, 15) is 0 Å². The number of nitrogens with two attached hydrogens (primary N) is 1. The number of ether oxygens (including phenoxy) is 2. The van der Waals surface area contributed by atoms with Crippen LogP contribution in [0.1, 0.15) is 31.2 Å². The molecule has 1 aromatic rings. The van der Waals surface area contributed by atoms with Crippen LogP contribution >= 0.6 is 15.9 Å². The number of methoxy groups -OCH3 is 1. The van der Waals surface area contributed by atoms with E-state index in [2.05, 4.69) is 15.9 Å². The van der Waals surface area contributed by atoms with Crippen molar-refractivity contribution >= 4 is 15.9 Å². The van der Waals surface area contributed by atoms with E-state index in [-0.39, 0.29) is 5.54 Å². The Labute approximate surface area is 122 Å². The van der Waals surface area contributed by atoms with E-state index in [1.54, 1.807) is 7.11 Å². The molecule has 0 aromatic heterocycles. The van der Waals surface area contributed by atoms with Gasteiger partial charge < -0.3 is 15.2 Å². The fourth-order valence-corrected chi connectivity index (χ4v) is 2.69. The van der Waals surface area contributed by atoms with Gasteiger partial charge in [0.1, 0.15) is 0 Å². The van der Waals surface area contributed by atoms with Crippen molar-refractivity contribution in [3.63, 3.8) is 0 Å². The first-order chi connectivity index (χ1) is 9.11. The highest BCUT2D eigenvalue weighted by atomic mass is 79.9. The van der Waals surface area contributed by atoms with Gasteiger partial charge >= 0.3 is 0 Å². The lowest BCUT2D eigenvalue weighted by Crippen LogP contribution is -2.25. The molecule has 104 valence electrons. The van der Waals surface area contributed by atoms with E-state index in [4.69, 9.17) is 15.2 Å². The molecule has 4 heteroatoms. The largest absolute Gasteiger partial charge is 0.493 e. The summed E-state index contributed by atoms with van der Waals surface area (Å²) < 4.78 is 12.5. The molecule has 2 aliphatic rings. The molecule has 2 N–H and O–H groups in total. The molecule has 2 aliphatic carbocycles. The summed E-state index contributed by atoms with van der Waals surface area (Å²) in [6, 6.07) is 3.97. The highest BCUT2D eigenvalue weighted by molar-refractivity contribution is 9.10. The second kappa shape index (κ2) is 4.98. The first-order valence-electron chi connectivity index (χ1n) is 6.88. The van der Waals surface area contributed by atoms with Crippen molar-refractivity contribution in [3.05, 3.63) is 22.2 Å². The monoisotopic (exact) mass is 325 g/mol. The molecule has 0 unspecified atom stereocenters. The van der Waals surface area contributed by atoms with E-state index >= 15 is 0 Å². The van der Waals surface area contributed by atoms with Crippen LogP contribution < -0.4 is 15.2 Å². The zero-order valence-electron chi connectivity index (χ0n) is 11.2. The van der Waals surface area contributed by atoms with Gasteiger partial charge in [0.25, 0.3) is 0 Å². The Morgan fingerprint density at radius 1 is 1.37 bits per heavy atom. The number of benzene rings is 1. The Balaban J connectivity index is 1.87. The molecule has 2 saturated carbocycles. The minimum atomic E-state index is -0.0351. The van der Waals surface area contributed by atoms with Gasteiger partial charge in [-0.25, -0.2) is 0 Å². The van der Waals surface area contributed by atoms with Crippen LogP contribution in [0.3, 0.4) is 0 Å². The van der Waals surface area contributed by atoms with Crippen LogP contribution in [0.5, 0.6) is 11.5 Å². The summed E-state index contributed by atoms with van der Waals surface area (Å²) in [5.41, 5.74) is 7.38. The summed E-state index contributed by atoms with van der Waals surface area (Å²) in [5.74, 6) is 2.41. The van der Waals surface area contributed by atoms with Gasteiger partial charge in [0.15, 0.2) is 11.5 Å². The molecular weight excluding hydrogens is 306 g/mol. The molecule has 3 rings (SSSR count). The van der Waals surface area contributed by atoms with Crippen LogP contribution in [0.4, 0.5) is 0 Å². The molecule has 19 heavy (non-hydrogen) atoms. The lowest BCUT2D eigenvalue weighted by Gasteiger charge is -2.18. The van der Waals surface area contributed by atoms with Gasteiger partial charge in [0, 0.05) is 15.6 Å². The maximum Gasteiger partial charge on any atom is 0.165 e. The highest BCUT2D eigenvalue weighted by Crippen LogP contribution is 2.44. The Hall–Kier alpha value is -0.740. The highest BCUT2D eigenvalue weighted by Gasteiger charge is 2.39. The van der Waals surface area contributed by atoms with Crippen molar-refractivity contribution in [1.29, 1.82) is 0 Å². The Morgan fingerprint density at radius 2 is 2.11 bits per heavy atom. The fourth-order valence-electron chi connectivity index (χ4n) is 2.24. The molecule has 0 spiro atoms. The molecule has 2 fully saturated rings. The molecule has 0 radical (unpaired) electrons. The Bertz CT molecular complexity index is 481. The summed E-state index contributed by atoms with van der Waals surface area (Å²) in [4.78, 5) is 0. The third kappa shape index (κ3) is 3.06. The molecule has 3 nitrogen and oxygen atoms in total. The normalized spacial score (nSPS) is 20.2. The summed E-state index contributed by atoms with van der Waals surface area (Å²) in [6.07, 6.45) is 5.61. The molecule has 0 atom stereocenters. The fraction of sp³-hybridized carbons (Fsp3) is 0.600. The second-order valence-corrected chi connectivity index (χ2v) is 6.71. The van der Waals surface area contributed by atoms with Crippen molar-refractivity contribution in [1.82, 2.24) is 0 Å². The molecule has 0 saturated heterocycles. The number of hydrogen-bond acceptors (Lipinski definition) is 3. The third-order valence-electron chi connectivity index (χ3n) is 3.97. The van der Waals surface area contributed by atoms with Crippen LogP contribution in [-0.4, -0.2) is 19.3 Å². The lowest BCUT2D eigenvalue weighted by molar-refractivity contribution is 0.276. The Morgan fingerprint density at radius 3 is 2.68 bits per heavy atom. The van der Waals surface area contributed by atoms with Crippen LogP contribution in [0.2, 0.25) is 0 Å². The molecule has 0 aliphatic heterocycles. The Kier molecular flexibility index (Phi) is 3.48. The van der Waals surface area contributed by atoms with Crippen molar-refractivity contribution in [3.8, 4) is 11.5 Å². The van der Waals surface area contributed by atoms with Crippen LogP contribution in [0, 0.1) is 5.92 Å². The van der Waals surface area contributed by atoms with Crippen molar-refractivity contribution in [2.75, 3.05) is 13.7 Å². The summed E-state index contributed by atoms with van der Waals surface area (Å²) in [7, 11) is 1.69. The van der Waals surface area contributed by atoms with Gasteiger partial charge in [0.05, 0.1) is 13.7 Å². The van der Waals surface area contributed by atoms with E-state index in [0.717, 1.165) is 53.3 Å². The molecule has 0 heterocycles. The molecule has 1 aromatic carbocycles. The van der Waals surface area contributed by atoms with Crippen LogP contribution in [-0.2, 0) is 6.42 Å². The van der Waals surface area contributed by atoms with E-state index in [1.807, 2.05) is 12.1 Å². The van der Waals surface area contributed by atoms with Crippen molar-refractivity contribution in [2.45, 2.75) is 37.6 Å². The topological polar surface area (TPSA) is 44.5 Å². The van der Waals surface area contributed by atoms with Crippen LogP contribution in [0.25, 0.3) is 0 Å². The maximum absolute atomic E-state index is 6.26. The SMILES string of the molecule is COc1ccc(Br)c(CC2(N)CC2)c1OCC1CC1. The zero-order valence-corrected chi connectivity index (χ0v) is 12.8. The van der Waals surface area contributed by atoms with Gasteiger partial charge in [-0.2, -0.15) is 0 Å². The van der Waals surface area contributed by atoms with E-state index in [0.29, 0.717) is 0 Å². The minimum absolute atomic E-state index is 0.0351. The van der Waals surface area contributed by atoms with Gasteiger partial charge in [-0.05, 0) is 50.2 Å². The lowest BCUT2D eigenvalue weighted by atomic mass is 10.0. The predicted molar refractivity (Wildman–Crippen MR) is 78.8 cm³/mol. The first kappa shape index (κ1) is 13.3. The molecule has 0 bridgehead atoms. The maximum atomic E-state index is 6.26. The predicted octanol–water partition coefficient (Wildman–Crippen LogP) is 3.28. The van der Waals surface area contributed by atoms with Crippen molar-refractivity contribution in [2.24, 2.45) is 11.7 Å². The van der Waals surface area contributed by atoms with E-state index < -0.39 is 0 Å². The van der Waals surface area contributed by atoms with Gasteiger partial charge in [0.2, 0.25) is 0 Å². The summed E-state index contributed by atoms with van der Waals surface area (Å²) in [5, 5.41) is 0. The smallest absolute Gasteiger partial charge is 0.165 e. The van der Waals surface area contributed by atoms with Gasteiger partial charge in [-0.3, -0.25) is 0 Å². The minimum Gasteiger partial charge on any atom is -0.493 e. The zero-order chi connectivity index (χ0) is 13.5. The standard InChI is InChI=1S/C15H20BrNO2/c1-18-13-5-4-12(16)11(8-15(17)6-7-15)14(13)19-9-10-2-3-10/h4-5,10H,2-3,6-9,17H2,1H3. The van der Waals surface area contributed by atoms with E-state index in [1.165, 1.54) is 12.8 Å². The summed E-state index contributed by atoms with van der Waals surface area (Å²) in [6.45, 7) is 0.789. The second-order valence-electron chi connectivity index (χ2n) is 5.85. The average molecular weight is 326 g/mol. The third-order valence-corrected chi connectivity index (χ3v) is 4.71. The molecular formula is C15H20BrNO2. The average Bonchev–Trinajstić information content (AvgIpc) is 3.29. The van der Waals surface area contributed by atoms with Gasteiger partial charge in [-0.1, -0.05) is 15.9 Å². The quantitative estimate of drug-likeness (QED) is 0.872. The van der Waals surface area contributed by atoms with Crippen molar-refractivity contribution < 1.29 is 9.47 Å². The number of rotatable bonds is 6. The van der Waals surface area contributed by atoms with Crippen LogP contribution in [0.15, 0.2) is 16.6 Å². The summed E-state index contributed by atoms with van der Waals surface area (Å²) >= 11 is 3.62. The first-order valence-corrected chi connectivity index (χ1v) is 7.68. The molecule has 0 amide bonds. The number of halogens is 1.